The van der Waals surface area contributed by atoms with Gasteiger partial charge in [-0.25, -0.2) is 4.79 Å². The molecule has 312 valence electrons. The highest BCUT2D eigenvalue weighted by atomic mass is 32.1. The van der Waals surface area contributed by atoms with Crippen molar-refractivity contribution in [1.82, 2.24) is 20.2 Å². The van der Waals surface area contributed by atoms with E-state index in [1.165, 1.54) is 7.11 Å². The summed E-state index contributed by atoms with van der Waals surface area (Å²) in [4.78, 5) is 21.1. The number of pyridine rings is 2. The number of aromatic nitrogens is 4. The number of nitrogens with two attached hydrogens (primary N) is 1. The SMILES string of the molecule is COc1cc2nccc(Oc3ccc(N)c(C)c3C)c2cc1OC.COc1cc2nccc(Oc3ccc(NC(=O)Nc4nnc(C(F)(F)F)s4)c(C)c3C)c2cc1OC. The zero-order valence-corrected chi connectivity index (χ0v) is 34.5. The first kappa shape index (κ1) is 42.5. The number of nitrogens with one attached hydrogen (secondary N) is 2. The summed E-state index contributed by atoms with van der Waals surface area (Å²) < 4.78 is 71.8. The number of hydrogen-bond acceptors (Lipinski definition) is 13. The molecule has 0 atom stereocenters. The smallest absolute Gasteiger partial charge is 0.445 e. The minimum absolute atomic E-state index is 0.234. The average Bonchev–Trinajstić information content (AvgIpc) is 3.72. The second kappa shape index (κ2) is 17.8. The molecule has 0 aliphatic heterocycles. The number of alkyl halides is 3. The number of anilines is 3. The van der Waals surface area contributed by atoms with Crippen LogP contribution in [0.4, 0.5) is 34.5 Å². The molecular formula is C42H40F3N7O7S. The second-order valence-electron chi connectivity index (χ2n) is 13.0. The second-order valence-corrected chi connectivity index (χ2v) is 14.0. The fourth-order valence-electron chi connectivity index (χ4n) is 5.92. The van der Waals surface area contributed by atoms with Gasteiger partial charge in [-0.3, -0.25) is 15.3 Å². The van der Waals surface area contributed by atoms with Gasteiger partial charge in [0.25, 0.3) is 0 Å². The highest BCUT2D eigenvalue weighted by Crippen LogP contribution is 2.40. The highest BCUT2D eigenvalue weighted by molar-refractivity contribution is 7.15. The number of urea groups is 1. The number of carbonyl (C=O) groups excluding carboxylic acids is 1. The summed E-state index contributed by atoms with van der Waals surface area (Å²) in [5.74, 6) is 4.88. The molecule has 18 heteroatoms. The molecule has 0 bridgehead atoms. The van der Waals surface area contributed by atoms with E-state index in [1.54, 1.807) is 71.0 Å². The first-order chi connectivity index (χ1) is 28.6. The van der Waals surface area contributed by atoms with Crippen LogP contribution in [-0.4, -0.2) is 54.6 Å². The van der Waals surface area contributed by atoms with Crippen molar-refractivity contribution in [2.24, 2.45) is 0 Å². The van der Waals surface area contributed by atoms with Gasteiger partial charge in [-0.15, -0.1) is 10.2 Å². The van der Waals surface area contributed by atoms with Crippen molar-refractivity contribution in [2.75, 3.05) is 44.8 Å². The van der Waals surface area contributed by atoms with Gasteiger partial charge in [0, 0.05) is 46.7 Å². The van der Waals surface area contributed by atoms with Gasteiger partial charge in [0.2, 0.25) is 10.1 Å². The molecule has 4 aromatic carbocycles. The summed E-state index contributed by atoms with van der Waals surface area (Å²) in [6.45, 7) is 7.58. The molecule has 7 aromatic rings. The molecule has 0 saturated carbocycles. The maximum absolute atomic E-state index is 12.7. The van der Waals surface area contributed by atoms with Crippen molar-refractivity contribution < 1.29 is 46.4 Å². The Morgan fingerprint density at radius 3 is 1.57 bits per heavy atom. The number of rotatable bonds is 10. The lowest BCUT2D eigenvalue weighted by Crippen LogP contribution is -2.20. The van der Waals surface area contributed by atoms with Crippen LogP contribution in [0.3, 0.4) is 0 Å². The summed E-state index contributed by atoms with van der Waals surface area (Å²) in [7, 11) is 6.29. The summed E-state index contributed by atoms with van der Waals surface area (Å²) in [5, 5.41) is 11.4. The van der Waals surface area contributed by atoms with E-state index in [2.05, 4.69) is 30.8 Å². The minimum Gasteiger partial charge on any atom is -0.493 e. The molecule has 0 fully saturated rings. The van der Waals surface area contributed by atoms with Gasteiger partial charge in [-0.1, -0.05) is 11.3 Å². The number of halogens is 3. The molecule has 0 aliphatic carbocycles. The molecule has 0 spiro atoms. The van der Waals surface area contributed by atoms with Crippen LogP contribution in [0.2, 0.25) is 0 Å². The minimum atomic E-state index is -4.63. The summed E-state index contributed by atoms with van der Waals surface area (Å²) in [6.07, 6.45) is -1.30. The van der Waals surface area contributed by atoms with Crippen LogP contribution in [-0.2, 0) is 6.18 Å². The largest absolute Gasteiger partial charge is 0.493 e. The molecule has 7 rings (SSSR count). The van der Waals surface area contributed by atoms with Crippen LogP contribution < -0.4 is 44.8 Å². The predicted octanol–water partition coefficient (Wildman–Crippen LogP) is 10.4. The van der Waals surface area contributed by atoms with E-state index < -0.39 is 17.2 Å². The molecular weight excluding hydrogens is 804 g/mol. The molecule has 60 heavy (non-hydrogen) atoms. The normalized spacial score (nSPS) is 11.1. The van der Waals surface area contributed by atoms with Gasteiger partial charge in [-0.05, 0) is 98.5 Å². The lowest BCUT2D eigenvalue weighted by molar-refractivity contribution is -0.138. The van der Waals surface area contributed by atoms with Crippen molar-refractivity contribution in [3.8, 4) is 46.0 Å². The van der Waals surface area contributed by atoms with Crippen LogP contribution in [0.25, 0.3) is 21.8 Å². The molecule has 0 unspecified atom stereocenters. The van der Waals surface area contributed by atoms with E-state index in [4.69, 9.17) is 34.2 Å². The molecule has 4 N–H and O–H groups in total. The number of hydrogen-bond donors (Lipinski definition) is 3. The number of carbonyl (C=O) groups is 1. The van der Waals surface area contributed by atoms with Gasteiger partial charge in [0.15, 0.2) is 23.0 Å². The highest BCUT2D eigenvalue weighted by Gasteiger charge is 2.36. The molecule has 0 aliphatic rings. The number of amides is 2. The van der Waals surface area contributed by atoms with Gasteiger partial charge in [-0.2, -0.15) is 13.2 Å². The van der Waals surface area contributed by atoms with Crippen molar-refractivity contribution >= 4 is 55.7 Å². The van der Waals surface area contributed by atoms with Crippen molar-refractivity contribution in [2.45, 2.75) is 33.9 Å². The van der Waals surface area contributed by atoms with E-state index in [9.17, 15) is 18.0 Å². The van der Waals surface area contributed by atoms with E-state index in [-0.39, 0.29) is 16.5 Å². The van der Waals surface area contributed by atoms with Gasteiger partial charge < -0.3 is 39.5 Å². The lowest BCUT2D eigenvalue weighted by atomic mass is 10.1. The lowest BCUT2D eigenvalue weighted by Gasteiger charge is -2.16. The zero-order chi connectivity index (χ0) is 43.3. The number of fused-ring (bicyclic) bond motifs is 2. The molecule has 2 amide bonds. The van der Waals surface area contributed by atoms with Crippen LogP contribution in [0, 0.1) is 27.7 Å². The quantitative estimate of drug-likeness (QED) is 0.111. The van der Waals surface area contributed by atoms with Crippen molar-refractivity contribution in [3.63, 3.8) is 0 Å². The number of nitrogen functional groups attached to an aromatic ring is 1. The first-order valence-electron chi connectivity index (χ1n) is 18.0. The molecule has 3 aromatic heterocycles. The average molecular weight is 844 g/mol. The van der Waals surface area contributed by atoms with Crippen molar-refractivity contribution in [1.29, 1.82) is 0 Å². The Morgan fingerprint density at radius 1 is 0.600 bits per heavy atom. The molecule has 0 saturated heterocycles. The van der Waals surface area contributed by atoms with Crippen molar-refractivity contribution in [3.05, 3.63) is 100 Å². The monoisotopic (exact) mass is 843 g/mol. The molecule has 14 nitrogen and oxygen atoms in total. The van der Waals surface area contributed by atoms with Crippen LogP contribution >= 0.6 is 11.3 Å². The Kier molecular flexibility index (Phi) is 12.6. The standard InChI is InChI=1S/C23H20F3N5O4S.C19H20N2O3/c1-11-12(2)16(35-17-7-8-27-15-10-19(34-4)18(33-3)9-13(15)17)6-5-14(11)28-21(32)29-22-31-30-20(36-22)23(24,25)26;1-11-12(2)16(6-5-14(11)20)24-17-7-8-21-15-10-19(23-4)18(22-3)9-13(15)17/h5-10H,1-4H3,(H2,28,29,31,32);5-10H,20H2,1-4H3. The third kappa shape index (κ3) is 9.13. The fourth-order valence-corrected chi connectivity index (χ4v) is 6.52. The summed E-state index contributed by atoms with van der Waals surface area (Å²) in [5.41, 5.74) is 12.1. The van der Waals surface area contributed by atoms with Crippen LogP contribution in [0.15, 0.2) is 73.1 Å². The zero-order valence-electron chi connectivity index (χ0n) is 33.7. The van der Waals surface area contributed by atoms with E-state index >= 15 is 0 Å². The van der Waals surface area contributed by atoms with Gasteiger partial charge >= 0.3 is 12.2 Å². The van der Waals surface area contributed by atoms with Crippen LogP contribution in [0.1, 0.15) is 27.3 Å². The third-order valence-corrected chi connectivity index (χ3v) is 10.4. The third-order valence-electron chi connectivity index (χ3n) is 9.51. The molecule has 3 heterocycles. The van der Waals surface area contributed by atoms with E-state index in [0.717, 1.165) is 39.0 Å². The first-order valence-corrected chi connectivity index (χ1v) is 18.8. The predicted molar refractivity (Wildman–Crippen MR) is 224 cm³/mol. The number of ether oxygens (including phenoxy) is 6. The van der Waals surface area contributed by atoms with E-state index in [1.807, 2.05) is 51.1 Å². The Balaban J connectivity index is 0.000000218. The topological polar surface area (TPSA) is 174 Å². The van der Waals surface area contributed by atoms with E-state index in [0.29, 0.717) is 62.4 Å². The number of benzene rings is 4. The number of nitrogens with zero attached hydrogens (tertiary/aromatic N) is 4. The molecule has 0 radical (unpaired) electrons. The van der Waals surface area contributed by atoms with Crippen LogP contribution in [0.5, 0.6) is 46.0 Å². The Labute approximate surface area is 346 Å². The van der Waals surface area contributed by atoms with Gasteiger partial charge in [0.1, 0.15) is 23.0 Å². The number of methoxy groups -OCH3 is 4. The Hall–Kier alpha value is -7.08. The maximum Gasteiger partial charge on any atom is 0.445 e. The Morgan fingerprint density at radius 2 is 1.08 bits per heavy atom. The summed E-state index contributed by atoms with van der Waals surface area (Å²) >= 11 is 0.234. The Bertz CT molecular complexity index is 2710. The van der Waals surface area contributed by atoms with Gasteiger partial charge in [0.05, 0.1) is 39.5 Å². The summed E-state index contributed by atoms with van der Waals surface area (Å²) in [6, 6.07) is 17.1. The maximum atomic E-state index is 12.7. The fraction of sp³-hybridized carbons (Fsp3) is 0.214.